The van der Waals surface area contributed by atoms with Gasteiger partial charge in [0, 0.05) is 37.5 Å². The number of anilines is 1. The second-order valence-corrected chi connectivity index (χ2v) is 8.69. The second kappa shape index (κ2) is 9.13. The molecule has 2 aromatic heterocycles. The van der Waals surface area contributed by atoms with E-state index in [0.29, 0.717) is 43.2 Å². The van der Waals surface area contributed by atoms with Gasteiger partial charge in [0.05, 0.1) is 6.26 Å². The highest BCUT2D eigenvalue weighted by atomic mass is 16.4. The molecule has 3 amide bonds. The number of furan rings is 2. The monoisotopic (exact) mass is 449 g/mol. The Hall–Kier alpha value is -3.55. The summed E-state index contributed by atoms with van der Waals surface area (Å²) in [5.74, 6) is -0.117. The highest BCUT2D eigenvalue weighted by molar-refractivity contribution is 6.11. The maximum absolute atomic E-state index is 13.4. The first-order chi connectivity index (χ1) is 16.1. The number of hydrogen-bond acceptors (Lipinski definition) is 5. The number of carbonyl (C=O) groups excluding carboxylic acids is 3. The van der Waals surface area contributed by atoms with E-state index < -0.39 is 0 Å². The Labute approximate surface area is 191 Å². The molecule has 1 saturated heterocycles. The minimum absolute atomic E-state index is 0.0356. The summed E-state index contributed by atoms with van der Waals surface area (Å²) >= 11 is 0. The van der Waals surface area contributed by atoms with Crippen LogP contribution in [0.5, 0.6) is 0 Å². The zero-order valence-electron chi connectivity index (χ0n) is 18.4. The van der Waals surface area contributed by atoms with Crippen LogP contribution in [0.1, 0.15) is 53.2 Å². The molecule has 3 heterocycles. The summed E-state index contributed by atoms with van der Waals surface area (Å²) in [6, 6.07) is 10.7. The van der Waals surface area contributed by atoms with Gasteiger partial charge in [-0.05, 0) is 37.1 Å². The Morgan fingerprint density at radius 1 is 0.848 bits per heavy atom. The lowest BCUT2D eigenvalue weighted by Crippen LogP contribution is -2.50. The molecule has 1 aromatic carbocycles. The molecule has 3 aromatic rings. The van der Waals surface area contributed by atoms with Crippen LogP contribution in [0.25, 0.3) is 11.0 Å². The van der Waals surface area contributed by atoms with Gasteiger partial charge in [0.2, 0.25) is 11.7 Å². The highest BCUT2D eigenvalue weighted by Gasteiger charge is 2.32. The molecule has 0 bridgehead atoms. The smallest absolute Gasteiger partial charge is 0.291 e. The first-order valence-corrected chi connectivity index (χ1v) is 11.6. The number of amides is 3. The molecule has 8 heteroatoms. The number of carbonyl (C=O) groups is 3. The third-order valence-electron chi connectivity index (χ3n) is 6.60. The fraction of sp³-hybridized carbons (Fsp3) is 0.400. The van der Waals surface area contributed by atoms with Gasteiger partial charge in [0.15, 0.2) is 5.76 Å². The van der Waals surface area contributed by atoms with Crippen LogP contribution in [-0.4, -0.2) is 53.7 Å². The van der Waals surface area contributed by atoms with Crippen molar-refractivity contribution in [2.24, 2.45) is 5.92 Å². The fourth-order valence-electron chi connectivity index (χ4n) is 4.72. The van der Waals surface area contributed by atoms with Crippen molar-refractivity contribution in [3.8, 4) is 0 Å². The third-order valence-corrected chi connectivity index (χ3v) is 6.60. The number of fused-ring (bicyclic) bond motifs is 1. The SMILES string of the molecule is O=C(Nc1c(C(=O)N2CCN(C(=O)c3ccco3)CC2)oc2ccccc12)C1CCCCC1. The number of piperazine rings is 1. The van der Waals surface area contributed by atoms with Crippen LogP contribution in [0.2, 0.25) is 0 Å². The number of nitrogens with one attached hydrogen (secondary N) is 1. The van der Waals surface area contributed by atoms with E-state index in [1.165, 1.54) is 6.26 Å². The van der Waals surface area contributed by atoms with Crippen molar-refractivity contribution < 1.29 is 23.2 Å². The first kappa shape index (κ1) is 21.3. The normalized spacial score (nSPS) is 17.3. The molecule has 5 rings (SSSR count). The zero-order chi connectivity index (χ0) is 22.8. The van der Waals surface area contributed by atoms with Gasteiger partial charge in [-0.3, -0.25) is 14.4 Å². The molecule has 0 radical (unpaired) electrons. The number of para-hydroxylation sites is 1. The van der Waals surface area contributed by atoms with Crippen molar-refractivity contribution in [1.29, 1.82) is 0 Å². The number of nitrogens with zero attached hydrogens (tertiary/aromatic N) is 2. The molecule has 2 aliphatic rings. The van der Waals surface area contributed by atoms with Gasteiger partial charge in [0.1, 0.15) is 11.3 Å². The van der Waals surface area contributed by atoms with E-state index in [4.69, 9.17) is 8.83 Å². The van der Waals surface area contributed by atoms with Crippen molar-refractivity contribution in [1.82, 2.24) is 9.80 Å². The van der Waals surface area contributed by atoms with Crippen molar-refractivity contribution in [2.45, 2.75) is 32.1 Å². The Morgan fingerprint density at radius 3 is 2.24 bits per heavy atom. The summed E-state index contributed by atoms with van der Waals surface area (Å²) in [5, 5.41) is 3.73. The minimum atomic E-state index is -0.282. The Balaban J connectivity index is 1.33. The van der Waals surface area contributed by atoms with Crippen molar-refractivity contribution in [3.63, 3.8) is 0 Å². The number of rotatable bonds is 4. The Bertz CT molecular complexity index is 1150. The first-order valence-electron chi connectivity index (χ1n) is 11.6. The predicted molar refractivity (Wildman–Crippen MR) is 122 cm³/mol. The Morgan fingerprint density at radius 2 is 1.55 bits per heavy atom. The van der Waals surface area contributed by atoms with Gasteiger partial charge in [-0.1, -0.05) is 31.4 Å². The summed E-state index contributed by atoms with van der Waals surface area (Å²) < 4.78 is 11.1. The largest absolute Gasteiger partial charge is 0.459 e. The second-order valence-electron chi connectivity index (χ2n) is 8.69. The quantitative estimate of drug-likeness (QED) is 0.646. The van der Waals surface area contributed by atoms with Crippen molar-refractivity contribution in [3.05, 3.63) is 54.2 Å². The van der Waals surface area contributed by atoms with Crippen molar-refractivity contribution in [2.75, 3.05) is 31.5 Å². The fourth-order valence-corrected chi connectivity index (χ4v) is 4.72. The van der Waals surface area contributed by atoms with Crippen LogP contribution < -0.4 is 5.32 Å². The van der Waals surface area contributed by atoms with Crippen LogP contribution in [0.3, 0.4) is 0 Å². The van der Waals surface area contributed by atoms with Crippen molar-refractivity contribution >= 4 is 34.4 Å². The van der Waals surface area contributed by atoms with E-state index >= 15 is 0 Å². The van der Waals surface area contributed by atoms with Crippen LogP contribution >= 0.6 is 0 Å². The van der Waals surface area contributed by atoms with Gasteiger partial charge in [-0.25, -0.2) is 0 Å². The van der Waals surface area contributed by atoms with E-state index in [1.807, 2.05) is 18.2 Å². The molecule has 1 aliphatic carbocycles. The molecule has 0 atom stereocenters. The predicted octanol–water partition coefficient (Wildman–Crippen LogP) is 4.14. The molecule has 2 fully saturated rings. The standard InChI is InChI=1S/C25H27N3O5/c29-23(17-7-2-1-3-8-17)26-21-18-9-4-5-10-19(18)33-22(21)25(31)28-14-12-27(13-15-28)24(30)20-11-6-16-32-20/h4-6,9-11,16-17H,1-3,7-8,12-15H2,(H,26,29). The maximum Gasteiger partial charge on any atom is 0.291 e. The molecule has 1 aliphatic heterocycles. The minimum Gasteiger partial charge on any atom is -0.459 e. The maximum atomic E-state index is 13.4. The lowest BCUT2D eigenvalue weighted by molar-refractivity contribution is -0.120. The van der Waals surface area contributed by atoms with E-state index in [9.17, 15) is 14.4 Å². The Kier molecular flexibility index (Phi) is 5.90. The lowest BCUT2D eigenvalue weighted by Gasteiger charge is -2.34. The van der Waals surface area contributed by atoms with E-state index in [1.54, 1.807) is 28.0 Å². The van der Waals surface area contributed by atoms with E-state index in [2.05, 4.69) is 5.32 Å². The third kappa shape index (κ3) is 4.25. The summed E-state index contributed by atoms with van der Waals surface area (Å²) in [4.78, 5) is 42.2. The van der Waals surface area contributed by atoms with Crippen LogP contribution in [0, 0.1) is 5.92 Å². The van der Waals surface area contributed by atoms with Crippen LogP contribution in [0.15, 0.2) is 51.5 Å². The summed E-state index contributed by atoms with van der Waals surface area (Å²) in [6.45, 7) is 1.54. The molecule has 172 valence electrons. The highest BCUT2D eigenvalue weighted by Crippen LogP contribution is 2.33. The summed E-state index contributed by atoms with van der Waals surface area (Å²) in [6.07, 6.45) is 6.48. The molecule has 0 spiro atoms. The van der Waals surface area contributed by atoms with Gasteiger partial charge in [-0.15, -0.1) is 0 Å². The zero-order valence-corrected chi connectivity index (χ0v) is 18.4. The average molecular weight is 450 g/mol. The van der Waals surface area contributed by atoms with Gasteiger partial charge < -0.3 is 24.0 Å². The summed E-state index contributed by atoms with van der Waals surface area (Å²) in [7, 11) is 0. The molecule has 0 unspecified atom stereocenters. The van der Waals surface area contributed by atoms with Gasteiger partial charge in [0.25, 0.3) is 11.8 Å². The summed E-state index contributed by atoms with van der Waals surface area (Å²) in [5.41, 5.74) is 1.01. The molecule has 1 N–H and O–H groups in total. The number of benzene rings is 1. The number of hydrogen-bond donors (Lipinski definition) is 1. The molecule has 1 saturated carbocycles. The van der Waals surface area contributed by atoms with Gasteiger partial charge in [-0.2, -0.15) is 0 Å². The van der Waals surface area contributed by atoms with Gasteiger partial charge >= 0.3 is 0 Å². The lowest BCUT2D eigenvalue weighted by atomic mass is 9.88. The van der Waals surface area contributed by atoms with Crippen LogP contribution in [0.4, 0.5) is 5.69 Å². The molecule has 8 nitrogen and oxygen atoms in total. The molecular formula is C25H27N3O5. The molecular weight excluding hydrogens is 422 g/mol. The molecule has 33 heavy (non-hydrogen) atoms. The van der Waals surface area contributed by atoms with E-state index in [-0.39, 0.29) is 29.4 Å². The van der Waals surface area contributed by atoms with E-state index in [0.717, 1.165) is 37.5 Å². The van der Waals surface area contributed by atoms with Crippen LogP contribution in [-0.2, 0) is 4.79 Å². The average Bonchev–Trinajstić information content (AvgIpc) is 3.53. The topological polar surface area (TPSA) is 96.0 Å².